The van der Waals surface area contributed by atoms with E-state index in [2.05, 4.69) is 21.2 Å². The minimum atomic E-state index is 0.507. The van der Waals surface area contributed by atoms with E-state index in [9.17, 15) is 0 Å². The summed E-state index contributed by atoms with van der Waals surface area (Å²) in [5.74, 6) is 0. The Morgan fingerprint density at radius 3 is 2.50 bits per heavy atom. The minimum Gasteiger partial charge on any atom is -0.380 e. The molecule has 0 fully saturated rings. The Bertz CT molecular complexity index is 572. The molecule has 0 aliphatic carbocycles. The standard InChI is InChI=1S/C13H9BrCl3N/c14-10-4-5-11(13(17)12(10)16)18-7-8-2-1-3-9(15)6-8/h1-6,18H,7H2. The number of hydrogen-bond donors (Lipinski definition) is 1. The van der Waals surface area contributed by atoms with E-state index in [1.807, 2.05) is 36.4 Å². The lowest BCUT2D eigenvalue weighted by atomic mass is 10.2. The van der Waals surface area contributed by atoms with E-state index in [0.29, 0.717) is 21.6 Å². The molecule has 0 saturated heterocycles. The van der Waals surface area contributed by atoms with Crippen LogP contribution in [0.3, 0.4) is 0 Å². The van der Waals surface area contributed by atoms with E-state index in [-0.39, 0.29) is 0 Å². The Labute approximate surface area is 129 Å². The molecule has 0 radical (unpaired) electrons. The average molecular weight is 365 g/mol. The molecule has 0 saturated carbocycles. The molecule has 0 aliphatic rings. The van der Waals surface area contributed by atoms with Crippen LogP contribution >= 0.6 is 50.7 Å². The lowest BCUT2D eigenvalue weighted by Crippen LogP contribution is -2.00. The lowest BCUT2D eigenvalue weighted by molar-refractivity contribution is 1.15. The fraction of sp³-hybridized carbons (Fsp3) is 0.0769. The van der Waals surface area contributed by atoms with Gasteiger partial charge in [-0.05, 0) is 45.8 Å². The van der Waals surface area contributed by atoms with Crippen LogP contribution in [0, 0.1) is 0 Å². The molecule has 2 aromatic rings. The van der Waals surface area contributed by atoms with Gasteiger partial charge in [-0.15, -0.1) is 0 Å². The van der Waals surface area contributed by atoms with E-state index < -0.39 is 0 Å². The first-order chi connectivity index (χ1) is 8.58. The predicted molar refractivity (Wildman–Crippen MR) is 82.9 cm³/mol. The summed E-state index contributed by atoms with van der Waals surface area (Å²) in [6.07, 6.45) is 0. The zero-order valence-electron chi connectivity index (χ0n) is 9.18. The van der Waals surface area contributed by atoms with Crippen molar-refractivity contribution in [2.75, 3.05) is 5.32 Å². The third kappa shape index (κ3) is 3.33. The quantitative estimate of drug-likeness (QED) is 0.656. The molecule has 2 aromatic carbocycles. The fourth-order valence-corrected chi connectivity index (χ4v) is 2.56. The smallest absolute Gasteiger partial charge is 0.0835 e. The summed E-state index contributed by atoms with van der Waals surface area (Å²) in [6.45, 7) is 0.637. The van der Waals surface area contributed by atoms with Gasteiger partial charge in [-0.25, -0.2) is 0 Å². The maximum absolute atomic E-state index is 6.15. The van der Waals surface area contributed by atoms with Crippen LogP contribution in [0.4, 0.5) is 5.69 Å². The normalized spacial score (nSPS) is 10.4. The van der Waals surface area contributed by atoms with Crippen molar-refractivity contribution in [1.82, 2.24) is 0 Å². The maximum Gasteiger partial charge on any atom is 0.0835 e. The summed E-state index contributed by atoms with van der Waals surface area (Å²) in [6, 6.07) is 11.4. The summed E-state index contributed by atoms with van der Waals surface area (Å²) in [5.41, 5.74) is 1.88. The van der Waals surface area contributed by atoms with Crippen molar-refractivity contribution in [2.45, 2.75) is 6.54 Å². The van der Waals surface area contributed by atoms with Crippen LogP contribution in [0.1, 0.15) is 5.56 Å². The second kappa shape index (κ2) is 6.16. The number of hydrogen-bond acceptors (Lipinski definition) is 1. The molecule has 0 aromatic heterocycles. The summed E-state index contributed by atoms with van der Waals surface area (Å²) in [7, 11) is 0. The molecule has 0 aliphatic heterocycles. The van der Waals surface area contributed by atoms with Crippen LogP contribution in [0.2, 0.25) is 15.1 Å². The van der Waals surface area contributed by atoms with Crippen molar-refractivity contribution < 1.29 is 0 Å². The highest BCUT2D eigenvalue weighted by molar-refractivity contribution is 9.10. The molecule has 0 heterocycles. The van der Waals surface area contributed by atoms with Gasteiger partial charge >= 0.3 is 0 Å². The predicted octanol–water partition coefficient (Wildman–Crippen LogP) is 6.02. The molecular weight excluding hydrogens is 356 g/mol. The Kier molecular flexibility index (Phi) is 4.79. The van der Waals surface area contributed by atoms with Gasteiger partial charge in [-0.3, -0.25) is 0 Å². The van der Waals surface area contributed by atoms with Crippen molar-refractivity contribution in [2.24, 2.45) is 0 Å². The van der Waals surface area contributed by atoms with Crippen molar-refractivity contribution >= 4 is 56.4 Å². The first-order valence-corrected chi connectivity index (χ1v) is 7.12. The number of nitrogens with one attached hydrogen (secondary N) is 1. The summed E-state index contributed by atoms with van der Waals surface area (Å²) in [4.78, 5) is 0. The van der Waals surface area contributed by atoms with Crippen LogP contribution in [-0.2, 0) is 6.54 Å². The highest BCUT2D eigenvalue weighted by Gasteiger charge is 2.07. The number of benzene rings is 2. The maximum atomic E-state index is 6.15. The summed E-state index contributed by atoms with van der Waals surface area (Å²) < 4.78 is 0.780. The average Bonchev–Trinajstić information content (AvgIpc) is 2.35. The van der Waals surface area contributed by atoms with Gasteiger partial charge in [0.25, 0.3) is 0 Å². The van der Waals surface area contributed by atoms with Gasteiger partial charge in [0.05, 0.1) is 15.7 Å². The molecule has 1 nitrogen and oxygen atoms in total. The molecule has 5 heteroatoms. The fourth-order valence-electron chi connectivity index (χ4n) is 1.51. The Morgan fingerprint density at radius 2 is 1.78 bits per heavy atom. The van der Waals surface area contributed by atoms with Gasteiger partial charge in [0, 0.05) is 16.0 Å². The molecule has 0 spiro atoms. The van der Waals surface area contributed by atoms with Gasteiger partial charge in [-0.2, -0.15) is 0 Å². The van der Waals surface area contributed by atoms with Crippen LogP contribution in [-0.4, -0.2) is 0 Å². The molecular formula is C13H9BrCl3N. The molecule has 2 rings (SSSR count). The summed E-state index contributed by atoms with van der Waals surface area (Å²) in [5, 5.41) is 4.96. The lowest BCUT2D eigenvalue weighted by Gasteiger charge is -2.10. The SMILES string of the molecule is Clc1cccc(CNc2ccc(Br)c(Cl)c2Cl)c1. The van der Waals surface area contributed by atoms with Crippen molar-refractivity contribution in [3.05, 3.63) is 61.5 Å². The largest absolute Gasteiger partial charge is 0.380 e. The van der Waals surface area contributed by atoms with E-state index in [1.165, 1.54) is 0 Å². The third-order valence-electron chi connectivity index (χ3n) is 2.41. The Balaban J connectivity index is 2.14. The molecule has 0 unspecified atom stereocenters. The van der Waals surface area contributed by atoms with Gasteiger partial charge in [0.2, 0.25) is 0 Å². The van der Waals surface area contributed by atoms with E-state index in [1.54, 1.807) is 0 Å². The highest BCUT2D eigenvalue weighted by Crippen LogP contribution is 2.35. The van der Waals surface area contributed by atoms with E-state index >= 15 is 0 Å². The number of anilines is 1. The van der Waals surface area contributed by atoms with Crippen molar-refractivity contribution in [3.63, 3.8) is 0 Å². The first kappa shape index (κ1) is 14.0. The van der Waals surface area contributed by atoms with E-state index in [4.69, 9.17) is 34.8 Å². The zero-order chi connectivity index (χ0) is 13.1. The minimum absolute atomic E-state index is 0.507. The molecule has 0 bridgehead atoms. The second-order valence-electron chi connectivity index (χ2n) is 3.71. The zero-order valence-corrected chi connectivity index (χ0v) is 13.0. The topological polar surface area (TPSA) is 12.0 Å². The van der Waals surface area contributed by atoms with Gasteiger partial charge < -0.3 is 5.32 Å². The molecule has 94 valence electrons. The molecule has 18 heavy (non-hydrogen) atoms. The van der Waals surface area contributed by atoms with Gasteiger partial charge in [-0.1, -0.05) is 46.9 Å². The van der Waals surface area contributed by atoms with Crippen molar-refractivity contribution in [3.8, 4) is 0 Å². The first-order valence-electron chi connectivity index (χ1n) is 5.20. The van der Waals surface area contributed by atoms with Crippen molar-refractivity contribution in [1.29, 1.82) is 0 Å². The van der Waals surface area contributed by atoms with Gasteiger partial charge in [0.15, 0.2) is 0 Å². The Morgan fingerprint density at radius 1 is 1.00 bits per heavy atom. The molecule has 0 amide bonds. The van der Waals surface area contributed by atoms with Crippen LogP contribution in [0.5, 0.6) is 0 Å². The van der Waals surface area contributed by atoms with E-state index in [0.717, 1.165) is 15.7 Å². The van der Waals surface area contributed by atoms with Gasteiger partial charge in [0.1, 0.15) is 0 Å². The van der Waals surface area contributed by atoms with Crippen LogP contribution in [0.25, 0.3) is 0 Å². The van der Waals surface area contributed by atoms with Crippen LogP contribution < -0.4 is 5.32 Å². The number of halogens is 4. The second-order valence-corrected chi connectivity index (χ2v) is 5.75. The monoisotopic (exact) mass is 363 g/mol. The molecule has 0 atom stereocenters. The Hall–Kier alpha value is -0.410. The molecule has 1 N–H and O–H groups in total. The highest BCUT2D eigenvalue weighted by atomic mass is 79.9. The summed E-state index contributed by atoms with van der Waals surface area (Å²) >= 11 is 21.4. The number of rotatable bonds is 3. The third-order valence-corrected chi connectivity index (χ3v) is 4.41. The van der Waals surface area contributed by atoms with Crippen LogP contribution in [0.15, 0.2) is 40.9 Å².